The molecule has 6 nitrogen and oxygen atoms in total. The Balaban J connectivity index is 1.86. The molecule has 2 atom stereocenters. The monoisotopic (exact) mass is 343 g/mol. The van der Waals surface area contributed by atoms with Crippen LogP contribution in [0, 0.1) is 13.8 Å². The number of hydrogen-bond donors (Lipinski definition) is 3. The van der Waals surface area contributed by atoms with Gasteiger partial charge in [0.25, 0.3) is 5.56 Å². The Bertz CT molecular complexity index is 771. The molecular formula is C19H25N3O3. The zero-order chi connectivity index (χ0) is 18.4. The van der Waals surface area contributed by atoms with Crippen LogP contribution in [0.1, 0.15) is 36.0 Å². The molecule has 1 aromatic heterocycles. The molecule has 1 aromatic carbocycles. The third-order valence-electron chi connectivity index (χ3n) is 4.20. The summed E-state index contributed by atoms with van der Waals surface area (Å²) in [6, 6.07) is 9.27. The summed E-state index contributed by atoms with van der Waals surface area (Å²) in [5.74, 6) is 0.368. The standard InChI is InChI=1S/C19H25N3O3/c1-12-16(19(25)22-14(3)20-12)9-10-18(24)21-13(2)17(23)11-15-7-5-4-6-8-15/h4-8,13,17,23H,9-11H2,1-3H3,(H,21,24)(H,20,22,25). The second kappa shape index (κ2) is 8.58. The summed E-state index contributed by atoms with van der Waals surface area (Å²) in [4.78, 5) is 30.9. The van der Waals surface area contributed by atoms with Gasteiger partial charge in [-0.3, -0.25) is 9.59 Å². The van der Waals surface area contributed by atoms with Crippen molar-refractivity contribution in [1.29, 1.82) is 0 Å². The zero-order valence-electron chi connectivity index (χ0n) is 14.9. The molecule has 0 saturated heterocycles. The Hall–Kier alpha value is -2.47. The zero-order valence-corrected chi connectivity index (χ0v) is 14.9. The molecule has 2 aromatic rings. The van der Waals surface area contributed by atoms with E-state index in [4.69, 9.17) is 0 Å². The number of carbonyl (C=O) groups is 1. The Morgan fingerprint density at radius 3 is 2.60 bits per heavy atom. The van der Waals surface area contributed by atoms with Gasteiger partial charge < -0.3 is 15.4 Å². The normalized spacial score (nSPS) is 13.3. The van der Waals surface area contributed by atoms with Crippen LogP contribution in [0.5, 0.6) is 0 Å². The van der Waals surface area contributed by atoms with Crippen LogP contribution >= 0.6 is 0 Å². The summed E-state index contributed by atoms with van der Waals surface area (Å²) in [5.41, 5.74) is 1.99. The molecular weight excluding hydrogens is 318 g/mol. The average molecular weight is 343 g/mol. The van der Waals surface area contributed by atoms with E-state index in [-0.39, 0.29) is 23.9 Å². The van der Waals surface area contributed by atoms with Crippen LogP contribution in [0.2, 0.25) is 0 Å². The third kappa shape index (κ3) is 5.53. The van der Waals surface area contributed by atoms with E-state index in [1.54, 1.807) is 20.8 Å². The number of aromatic nitrogens is 2. The molecule has 0 spiro atoms. The Morgan fingerprint density at radius 2 is 1.96 bits per heavy atom. The Labute approximate surface area is 147 Å². The molecule has 0 aliphatic heterocycles. The number of rotatable bonds is 7. The second-order valence-electron chi connectivity index (χ2n) is 6.33. The highest BCUT2D eigenvalue weighted by atomic mass is 16.3. The van der Waals surface area contributed by atoms with E-state index in [1.807, 2.05) is 30.3 Å². The van der Waals surface area contributed by atoms with Gasteiger partial charge >= 0.3 is 0 Å². The van der Waals surface area contributed by atoms with Crippen molar-refractivity contribution in [3.63, 3.8) is 0 Å². The molecule has 1 heterocycles. The fourth-order valence-corrected chi connectivity index (χ4v) is 2.74. The van der Waals surface area contributed by atoms with Gasteiger partial charge in [0.15, 0.2) is 0 Å². The van der Waals surface area contributed by atoms with E-state index in [1.165, 1.54) is 0 Å². The molecule has 1 amide bonds. The summed E-state index contributed by atoms with van der Waals surface area (Å²) in [6.07, 6.45) is 0.305. The van der Waals surface area contributed by atoms with Crippen LogP contribution in [0.15, 0.2) is 35.1 Å². The topological polar surface area (TPSA) is 95.1 Å². The molecule has 3 N–H and O–H groups in total. The number of H-pyrrole nitrogens is 1. The van der Waals surface area contributed by atoms with Gasteiger partial charge in [0.2, 0.25) is 5.91 Å². The smallest absolute Gasteiger partial charge is 0.254 e. The van der Waals surface area contributed by atoms with Gasteiger partial charge in [-0.25, -0.2) is 4.98 Å². The number of carbonyl (C=O) groups excluding carboxylic acids is 1. The van der Waals surface area contributed by atoms with Gasteiger partial charge in [0, 0.05) is 24.1 Å². The van der Waals surface area contributed by atoms with Crippen LogP contribution < -0.4 is 10.9 Å². The lowest BCUT2D eigenvalue weighted by atomic mass is 10.0. The fraction of sp³-hybridized carbons (Fsp3) is 0.421. The van der Waals surface area contributed by atoms with Crippen LogP contribution in [0.3, 0.4) is 0 Å². The van der Waals surface area contributed by atoms with Crippen molar-refractivity contribution in [2.45, 2.75) is 52.2 Å². The minimum Gasteiger partial charge on any atom is -0.391 e. The number of aliphatic hydroxyl groups excluding tert-OH is 1. The Morgan fingerprint density at radius 1 is 1.28 bits per heavy atom. The minimum atomic E-state index is -0.669. The molecule has 0 aliphatic carbocycles. The molecule has 134 valence electrons. The maximum atomic E-state index is 12.1. The molecule has 6 heteroatoms. The molecule has 0 saturated carbocycles. The summed E-state index contributed by atoms with van der Waals surface area (Å²) in [5, 5.41) is 13.0. The van der Waals surface area contributed by atoms with Crippen molar-refractivity contribution in [2.24, 2.45) is 0 Å². The first kappa shape index (κ1) is 18.9. The highest BCUT2D eigenvalue weighted by Gasteiger charge is 2.17. The van der Waals surface area contributed by atoms with Gasteiger partial charge in [-0.05, 0) is 32.8 Å². The minimum absolute atomic E-state index is 0.178. The highest BCUT2D eigenvalue weighted by molar-refractivity contribution is 5.76. The molecule has 2 unspecified atom stereocenters. The van der Waals surface area contributed by atoms with Crippen molar-refractivity contribution < 1.29 is 9.90 Å². The first-order valence-electron chi connectivity index (χ1n) is 8.44. The number of hydrogen-bond acceptors (Lipinski definition) is 4. The maximum Gasteiger partial charge on any atom is 0.254 e. The quantitative estimate of drug-likeness (QED) is 0.709. The van der Waals surface area contributed by atoms with Crippen molar-refractivity contribution in [3.8, 4) is 0 Å². The number of benzene rings is 1. The molecule has 2 rings (SSSR count). The number of nitrogens with one attached hydrogen (secondary N) is 2. The van der Waals surface area contributed by atoms with Crippen molar-refractivity contribution in [1.82, 2.24) is 15.3 Å². The number of aryl methyl sites for hydroxylation is 2. The summed E-state index contributed by atoms with van der Waals surface area (Å²) < 4.78 is 0. The van der Waals surface area contributed by atoms with Crippen molar-refractivity contribution in [3.05, 3.63) is 63.3 Å². The van der Waals surface area contributed by atoms with Gasteiger partial charge in [-0.2, -0.15) is 0 Å². The van der Waals surface area contributed by atoms with Crippen molar-refractivity contribution in [2.75, 3.05) is 0 Å². The van der Waals surface area contributed by atoms with E-state index in [2.05, 4.69) is 15.3 Å². The SMILES string of the molecule is Cc1nc(C)c(CCC(=O)NC(C)C(O)Cc2ccccc2)c(=O)[nH]1. The fourth-order valence-electron chi connectivity index (χ4n) is 2.74. The van der Waals surface area contributed by atoms with E-state index in [0.717, 1.165) is 5.56 Å². The van der Waals surface area contributed by atoms with Crippen LogP contribution in [0.25, 0.3) is 0 Å². The lowest BCUT2D eigenvalue weighted by molar-refractivity contribution is -0.122. The van der Waals surface area contributed by atoms with E-state index >= 15 is 0 Å². The average Bonchev–Trinajstić information content (AvgIpc) is 2.54. The number of amides is 1. The first-order valence-corrected chi connectivity index (χ1v) is 8.44. The van der Waals surface area contributed by atoms with Gasteiger partial charge in [0.1, 0.15) is 5.82 Å². The number of nitrogens with zero attached hydrogens (tertiary/aromatic N) is 1. The maximum absolute atomic E-state index is 12.1. The van der Waals surface area contributed by atoms with Crippen molar-refractivity contribution >= 4 is 5.91 Å². The summed E-state index contributed by atoms with van der Waals surface area (Å²) >= 11 is 0. The molecule has 0 fully saturated rings. The largest absolute Gasteiger partial charge is 0.391 e. The van der Waals surface area contributed by atoms with E-state index < -0.39 is 6.10 Å². The first-order chi connectivity index (χ1) is 11.9. The van der Waals surface area contributed by atoms with Crippen LogP contribution in [-0.4, -0.2) is 33.1 Å². The van der Waals surface area contributed by atoms with E-state index in [9.17, 15) is 14.7 Å². The van der Waals surface area contributed by atoms with Crippen LogP contribution in [-0.2, 0) is 17.6 Å². The summed E-state index contributed by atoms with van der Waals surface area (Å²) in [6.45, 7) is 5.26. The molecule has 25 heavy (non-hydrogen) atoms. The third-order valence-corrected chi connectivity index (χ3v) is 4.20. The second-order valence-corrected chi connectivity index (χ2v) is 6.33. The van der Waals surface area contributed by atoms with Gasteiger partial charge in [-0.1, -0.05) is 30.3 Å². The lowest BCUT2D eigenvalue weighted by Crippen LogP contribution is -2.42. The summed E-state index contributed by atoms with van der Waals surface area (Å²) in [7, 11) is 0. The van der Waals surface area contributed by atoms with Gasteiger partial charge in [0.05, 0.1) is 12.1 Å². The van der Waals surface area contributed by atoms with Crippen LogP contribution in [0.4, 0.5) is 0 Å². The van der Waals surface area contributed by atoms with E-state index in [0.29, 0.717) is 29.9 Å². The predicted octanol–water partition coefficient (Wildman–Crippen LogP) is 1.43. The Kier molecular flexibility index (Phi) is 6.47. The van der Waals surface area contributed by atoms with Gasteiger partial charge in [-0.15, -0.1) is 0 Å². The predicted molar refractivity (Wildman–Crippen MR) is 96.4 cm³/mol. The highest BCUT2D eigenvalue weighted by Crippen LogP contribution is 2.07. The number of aliphatic hydroxyl groups is 1. The lowest BCUT2D eigenvalue weighted by Gasteiger charge is -2.20. The molecule has 0 bridgehead atoms. The molecule has 0 radical (unpaired) electrons. The number of aromatic amines is 1. The molecule has 0 aliphatic rings.